The summed E-state index contributed by atoms with van der Waals surface area (Å²) in [6.07, 6.45) is 2.24. The predicted molar refractivity (Wildman–Crippen MR) is 94.3 cm³/mol. The first kappa shape index (κ1) is 17.0. The molecule has 25 heavy (non-hydrogen) atoms. The zero-order valence-corrected chi connectivity index (χ0v) is 14.5. The number of halogens is 1. The summed E-state index contributed by atoms with van der Waals surface area (Å²) in [6.45, 7) is 3.10. The Balaban J connectivity index is 2.11. The van der Waals surface area contributed by atoms with E-state index >= 15 is 0 Å². The minimum absolute atomic E-state index is 0.109. The second-order valence-corrected chi connectivity index (χ2v) is 6.02. The van der Waals surface area contributed by atoms with Crippen molar-refractivity contribution in [1.82, 2.24) is 9.97 Å². The molecule has 2 heterocycles. The van der Waals surface area contributed by atoms with Crippen molar-refractivity contribution in [3.63, 3.8) is 0 Å². The summed E-state index contributed by atoms with van der Waals surface area (Å²) in [4.78, 5) is 11.2. The highest BCUT2D eigenvalue weighted by atomic mass is 19.1. The molecular formula is C18H20FN5O. The Morgan fingerprint density at radius 2 is 2.16 bits per heavy atom. The van der Waals surface area contributed by atoms with Crippen molar-refractivity contribution in [2.24, 2.45) is 0 Å². The van der Waals surface area contributed by atoms with E-state index in [1.807, 2.05) is 12.1 Å². The van der Waals surface area contributed by atoms with Crippen LogP contribution in [-0.4, -0.2) is 36.7 Å². The van der Waals surface area contributed by atoms with Gasteiger partial charge in [0.05, 0.1) is 12.8 Å². The first-order valence-electron chi connectivity index (χ1n) is 8.19. The standard InChI is InChI=1S/C18H20FN5O/c1-11-5-4-6-24(11)17-9-15(22-18(21-2)23-17)12-7-14(19)13(10-20)16(8-12)25-3/h7-9,11H,4-6H2,1-3H3,(H,21,22,23). The number of ether oxygens (including phenoxy) is 1. The van der Waals surface area contributed by atoms with Crippen LogP contribution in [0.15, 0.2) is 18.2 Å². The van der Waals surface area contributed by atoms with Crippen molar-refractivity contribution in [1.29, 1.82) is 5.26 Å². The molecule has 1 unspecified atom stereocenters. The van der Waals surface area contributed by atoms with Crippen LogP contribution in [0.3, 0.4) is 0 Å². The number of aromatic nitrogens is 2. The number of nitrogens with zero attached hydrogens (tertiary/aromatic N) is 4. The normalized spacial score (nSPS) is 16.6. The lowest BCUT2D eigenvalue weighted by Gasteiger charge is -2.23. The van der Waals surface area contributed by atoms with Crippen molar-refractivity contribution < 1.29 is 9.13 Å². The van der Waals surface area contributed by atoms with E-state index in [2.05, 4.69) is 27.1 Å². The molecule has 2 aromatic rings. The molecule has 1 saturated heterocycles. The van der Waals surface area contributed by atoms with Gasteiger partial charge in [-0.25, -0.2) is 9.37 Å². The lowest BCUT2D eigenvalue weighted by Crippen LogP contribution is -2.27. The predicted octanol–water partition coefficient (Wildman–Crippen LogP) is 3.19. The molecule has 0 amide bonds. The van der Waals surface area contributed by atoms with Crippen LogP contribution in [0.5, 0.6) is 5.75 Å². The fourth-order valence-corrected chi connectivity index (χ4v) is 3.11. The average Bonchev–Trinajstić information content (AvgIpc) is 3.06. The molecule has 0 radical (unpaired) electrons. The Morgan fingerprint density at radius 3 is 2.76 bits per heavy atom. The van der Waals surface area contributed by atoms with Gasteiger partial charge in [0.15, 0.2) is 0 Å². The van der Waals surface area contributed by atoms with Crippen LogP contribution in [0.25, 0.3) is 11.3 Å². The molecule has 1 N–H and O–H groups in total. The summed E-state index contributed by atoms with van der Waals surface area (Å²) in [5, 5.41) is 12.0. The summed E-state index contributed by atoms with van der Waals surface area (Å²) in [6, 6.07) is 7.01. The molecule has 1 aliphatic rings. The van der Waals surface area contributed by atoms with E-state index < -0.39 is 5.82 Å². The molecule has 0 saturated carbocycles. The van der Waals surface area contributed by atoms with Crippen LogP contribution in [0, 0.1) is 17.1 Å². The maximum absolute atomic E-state index is 14.3. The summed E-state index contributed by atoms with van der Waals surface area (Å²) < 4.78 is 19.4. The third-order valence-corrected chi connectivity index (χ3v) is 4.47. The number of nitriles is 1. The van der Waals surface area contributed by atoms with Gasteiger partial charge in [0.1, 0.15) is 29.0 Å². The minimum atomic E-state index is -0.627. The molecule has 0 aliphatic carbocycles. The second-order valence-electron chi connectivity index (χ2n) is 6.02. The Hall–Kier alpha value is -2.88. The highest BCUT2D eigenvalue weighted by Crippen LogP contribution is 2.32. The number of anilines is 2. The van der Waals surface area contributed by atoms with Crippen molar-refractivity contribution in [2.45, 2.75) is 25.8 Å². The van der Waals surface area contributed by atoms with Crippen LogP contribution in [0.4, 0.5) is 16.2 Å². The largest absolute Gasteiger partial charge is 0.495 e. The Morgan fingerprint density at radius 1 is 1.36 bits per heavy atom. The molecule has 3 rings (SSSR count). The summed E-state index contributed by atoms with van der Waals surface area (Å²) in [7, 11) is 3.16. The van der Waals surface area contributed by atoms with Gasteiger partial charge < -0.3 is 15.0 Å². The molecule has 0 bridgehead atoms. The highest BCUT2D eigenvalue weighted by molar-refractivity contribution is 5.68. The summed E-state index contributed by atoms with van der Waals surface area (Å²) in [5.41, 5.74) is 1.01. The number of hydrogen-bond acceptors (Lipinski definition) is 6. The maximum Gasteiger partial charge on any atom is 0.224 e. The SMILES string of the molecule is CNc1nc(-c2cc(F)c(C#N)c(OC)c2)cc(N2CCCC2C)n1. The van der Waals surface area contributed by atoms with Gasteiger partial charge in [-0.1, -0.05) is 0 Å². The molecule has 130 valence electrons. The fraction of sp³-hybridized carbons (Fsp3) is 0.389. The quantitative estimate of drug-likeness (QED) is 0.920. The Labute approximate surface area is 146 Å². The Kier molecular flexibility index (Phi) is 4.70. The van der Waals surface area contributed by atoms with Crippen LogP contribution in [0.2, 0.25) is 0 Å². The van der Waals surface area contributed by atoms with Crippen molar-refractivity contribution >= 4 is 11.8 Å². The van der Waals surface area contributed by atoms with E-state index in [9.17, 15) is 4.39 Å². The summed E-state index contributed by atoms with van der Waals surface area (Å²) in [5.74, 6) is 0.842. The first-order valence-corrected chi connectivity index (χ1v) is 8.19. The van der Waals surface area contributed by atoms with Gasteiger partial charge in [0, 0.05) is 31.3 Å². The minimum Gasteiger partial charge on any atom is -0.495 e. The first-order chi connectivity index (χ1) is 12.1. The summed E-state index contributed by atoms with van der Waals surface area (Å²) >= 11 is 0. The lowest BCUT2D eigenvalue weighted by atomic mass is 10.1. The van der Waals surface area contributed by atoms with Crippen LogP contribution in [-0.2, 0) is 0 Å². The van der Waals surface area contributed by atoms with Crippen molar-refractivity contribution in [2.75, 3.05) is 30.9 Å². The van der Waals surface area contributed by atoms with E-state index in [0.29, 0.717) is 23.2 Å². The van der Waals surface area contributed by atoms with Gasteiger partial charge in [0.25, 0.3) is 0 Å². The van der Waals surface area contributed by atoms with Gasteiger partial charge in [0.2, 0.25) is 5.95 Å². The number of rotatable bonds is 4. The van der Waals surface area contributed by atoms with Crippen molar-refractivity contribution in [3.05, 3.63) is 29.6 Å². The van der Waals surface area contributed by atoms with Gasteiger partial charge in [-0.05, 0) is 31.9 Å². The van der Waals surface area contributed by atoms with Gasteiger partial charge in [-0.15, -0.1) is 0 Å². The third-order valence-electron chi connectivity index (χ3n) is 4.47. The van der Waals surface area contributed by atoms with Crippen LogP contribution < -0.4 is 15.0 Å². The maximum atomic E-state index is 14.3. The van der Waals surface area contributed by atoms with Crippen LogP contribution >= 0.6 is 0 Å². The molecular weight excluding hydrogens is 321 g/mol. The zero-order valence-electron chi connectivity index (χ0n) is 14.5. The second kappa shape index (κ2) is 6.93. The van der Waals surface area contributed by atoms with E-state index in [1.165, 1.54) is 13.2 Å². The zero-order chi connectivity index (χ0) is 18.0. The molecule has 1 atom stereocenters. The molecule has 1 fully saturated rings. The van der Waals surface area contributed by atoms with Gasteiger partial charge >= 0.3 is 0 Å². The highest BCUT2D eigenvalue weighted by Gasteiger charge is 2.23. The molecule has 7 heteroatoms. The number of hydrogen-bond donors (Lipinski definition) is 1. The van der Waals surface area contributed by atoms with Crippen LogP contribution in [0.1, 0.15) is 25.3 Å². The van der Waals surface area contributed by atoms with E-state index in [4.69, 9.17) is 10.00 Å². The smallest absolute Gasteiger partial charge is 0.224 e. The third kappa shape index (κ3) is 3.20. The van der Waals surface area contributed by atoms with E-state index in [-0.39, 0.29) is 11.3 Å². The van der Waals surface area contributed by atoms with E-state index in [1.54, 1.807) is 13.1 Å². The fourth-order valence-electron chi connectivity index (χ4n) is 3.11. The topological polar surface area (TPSA) is 74.1 Å². The Bertz CT molecular complexity index is 833. The van der Waals surface area contributed by atoms with Crippen molar-refractivity contribution in [3.8, 4) is 23.1 Å². The molecule has 1 aromatic heterocycles. The molecule has 6 nitrogen and oxygen atoms in total. The van der Waals surface area contributed by atoms with Gasteiger partial charge in [-0.2, -0.15) is 10.2 Å². The van der Waals surface area contributed by atoms with Gasteiger partial charge in [-0.3, -0.25) is 0 Å². The molecule has 1 aromatic carbocycles. The molecule has 1 aliphatic heterocycles. The number of benzene rings is 1. The average molecular weight is 341 g/mol. The lowest BCUT2D eigenvalue weighted by molar-refractivity contribution is 0.410. The monoisotopic (exact) mass is 341 g/mol. The van der Waals surface area contributed by atoms with E-state index in [0.717, 1.165) is 25.2 Å². The number of nitrogens with one attached hydrogen (secondary N) is 1. The number of methoxy groups -OCH3 is 1. The molecule has 0 spiro atoms.